The Morgan fingerprint density at radius 3 is 2.79 bits per heavy atom. The molecule has 10 heteroatoms. The highest BCUT2D eigenvalue weighted by atomic mass is 35.5. The van der Waals surface area contributed by atoms with E-state index in [1.807, 2.05) is 13.0 Å². The number of amides is 1. The number of nitrogens with zero attached hydrogens (tertiary/aromatic N) is 5. The Bertz CT molecular complexity index is 1490. The van der Waals surface area contributed by atoms with Crippen LogP contribution in [0.2, 0.25) is 10.0 Å². The average Bonchev–Trinajstić information content (AvgIpc) is 3.52. The standard InChI is InChI=1S/C23H18Cl2N6O2/c1-13-21-16(11-18(19-4-3-9-33-19)27-22(21)30(2)29-13)23(32)28-20-7-8-26-31(20)12-14-5-6-15(24)10-17(14)25/h3-11H,12H2,1-2H3,(H,28,32). The quantitative estimate of drug-likeness (QED) is 0.366. The topological polar surface area (TPSA) is 90.8 Å². The van der Waals surface area contributed by atoms with Crippen molar-refractivity contribution in [2.24, 2.45) is 7.05 Å². The van der Waals surface area contributed by atoms with Crippen LogP contribution in [0.1, 0.15) is 21.6 Å². The highest BCUT2D eigenvalue weighted by Crippen LogP contribution is 2.28. The molecule has 8 nitrogen and oxygen atoms in total. The van der Waals surface area contributed by atoms with Gasteiger partial charge in [-0.3, -0.25) is 9.48 Å². The zero-order valence-electron chi connectivity index (χ0n) is 17.7. The smallest absolute Gasteiger partial charge is 0.257 e. The third-order valence-corrected chi connectivity index (χ3v) is 5.87. The highest BCUT2D eigenvalue weighted by Gasteiger charge is 2.21. The zero-order valence-corrected chi connectivity index (χ0v) is 19.2. The van der Waals surface area contributed by atoms with Crippen LogP contribution in [0.4, 0.5) is 5.82 Å². The number of anilines is 1. The minimum atomic E-state index is -0.310. The van der Waals surface area contributed by atoms with Crippen molar-refractivity contribution in [3.63, 3.8) is 0 Å². The lowest BCUT2D eigenvalue weighted by molar-refractivity contribution is 0.102. The van der Waals surface area contributed by atoms with E-state index in [0.29, 0.717) is 56.2 Å². The maximum absolute atomic E-state index is 13.4. The number of pyridine rings is 1. The molecule has 4 aromatic heterocycles. The average molecular weight is 481 g/mol. The molecule has 33 heavy (non-hydrogen) atoms. The molecule has 4 heterocycles. The lowest BCUT2D eigenvalue weighted by atomic mass is 10.1. The lowest BCUT2D eigenvalue weighted by Crippen LogP contribution is -2.17. The van der Waals surface area contributed by atoms with Gasteiger partial charge in [0.05, 0.1) is 35.6 Å². The number of hydrogen-bond acceptors (Lipinski definition) is 5. The van der Waals surface area contributed by atoms with Gasteiger partial charge >= 0.3 is 0 Å². The molecule has 0 bridgehead atoms. The van der Waals surface area contributed by atoms with Crippen molar-refractivity contribution in [3.8, 4) is 11.5 Å². The minimum Gasteiger partial charge on any atom is -0.463 e. The van der Waals surface area contributed by atoms with E-state index in [1.165, 1.54) is 0 Å². The number of furan rings is 1. The van der Waals surface area contributed by atoms with Crippen LogP contribution >= 0.6 is 23.2 Å². The Labute approximate surface area is 198 Å². The first-order valence-electron chi connectivity index (χ1n) is 10.1. The number of aryl methyl sites for hydroxylation is 2. The van der Waals surface area contributed by atoms with Crippen molar-refractivity contribution in [3.05, 3.63) is 81.8 Å². The van der Waals surface area contributed by atoms with E-state index in [4.69, 9.17) is 27.6 Å². The molecule has 0 fully saturated rings. The molecule has 0 saturated carbocycles. The molecule has 5 aromatic rings. The van der Waals surface area contributed by atoms with Crippen LogP contribution in [0.3, 0.4) is 0 Å². The van der Waals surface area contributed by atoms with Gasteiger partial charge in [-0.15, -0.1) is 0 Å². The summed E-state index contributed by atoms with van der Waals surface area (Å²) in [7, 11) is 1.79. The van der Waals surface area contributed by atoms with E-state index in [2.05, 4.69) is 20.5 Å². The van der Waals surface area contributed by atoms with Crippen LogP contribution in [0.5, 0.6) is 0 Å². The van der Waals surface area contributed by atoms with E-state index < -0.39 is 0 Å². The van der Waals surface area contributed by atoms with Crippen LogP contribution < -0.4 is 5.32 Å². The maximum Gasteiger partial charge on any atom is 0.257 e. The van der Waals surface area contributed by atoms with Gasteiger partial charge < -0.3 is 9.73 Å². The fraction of sp³-hybridized carbons (Fsp3) is 0.130. The summed E-state index contributed by atoms with van der Waals surface area (Å²) in [5, 5.41) is 13.5. The van der Waals surface area contributed by atoms with Gasteiger partial charge in [0.15, 0.2) is 11.4 Å². The van der Waals surface area contributed by atoms with Crippen molar-refractivity contribution >= 4 is 46.0 Å². The van der Waals surface area contributed by atoms with E-state index >= 15 is 0 Å². The molecule has 1 aromatic carbocycles. The number of hydrogen-bond donors (Lipinski definition) is 1. The van der Waals surface area contributed by atoms with Gasteiger partial charge in [-0.05, 0) is 42.8 Å². The molecule has 0 aliphatic heterocycles. The summed E-state index contributed by atoms with van der Waals surface area (Å²) in [6, 6.07) is 12.3. The van der Waals surface area contributed by atoms with Crippen LogP contribution in [-0.4, -0.2) is 30.5 Å². The van der Waals surface area contributed by atoms with Crippen molar-refractivity contribution in [1.29, 1.82) is 0 Å². The molecule has 0 aliphatic carbocycles. The van der Waals surface area contributed by atoms with Gasteiger partial charge in [-0.2, -0.15) is 10.2 Å². The Balaban J connectivity index is 1.51. The van der Waals surface area contributed by atoms with Gasteiger partial charge in [-0.25, -0.2) is 9.67 Å². The van der Waals surface area contributed by atoms with Crippen molar-refractivity contribution < 1.29 is 9.21 Å². The van der Waals surface area contributed by atoms with Crippen LogP contribution in [0, 0.1) is 6.92 Å². The van der Waals surface area contributed by atoms with Crippen LogP contribution in [0.15, 0.2) is 59.3 Å². The second-order valence-electron chi connectivity index (χ2n) is 7.50. The first kappa shape index (κ1) is 21.2. The number of benzene rings is 1. The fourth-order valence-electron chi connectivity index (χ4n) is 3.73. The second-order valence-corrected chi connectivity index (χ2v) is 8.35. The minimum absolute atomic E-state index is 0.310. The third kappa shape index (κ3) is 3.99. The summed E-state index contributed by atoms with van der Waals surface area (Å²) >= 11 is 12.3. The van der Waals surface area contributed by atoms with Crippen molar-refractivity contribution in [2.75, 3.05) is 5.32 Å². The summed E-state index contributed by atoms with van der Waals surface area (Å²) in [4.78, 5) is 18.1. The summed E-state index contributed by atoms with van der Waals surface area (Å²) in [5.74, 6) is 0.777. The summed E-state index contributed by atoms with van der Waals surface area (Å²) in [5.41, 5.74) is 3.11. The number of rotatable bonds is 5. The predicted octanol–water partition coefficient (Wildman–Crippen LogP) is 5.34. The van der Waals surface area contributed by atoms with E-state index in [0.717, 1.165) is 5.56 Å². The number of halogens is 2. The third-order valence-electron chi connectivity index (χ3n) is 5.28. The van der Waals surface area contributed by atoms with Gasteiger partial charge in [-0.1, -0.05) is 29.3 Å². The second kappa shape index (κ2) is 8.38. The van der Waals surface area contributed by atoms with E-state index in [1.54, 1.807) is 65.3 Å². The molecule has 5 rings (SSSR count). The molecule has 1 amide bonds. The normalized spacial score (nSPS) is 11.3. The Morgan fingerprint density at radius 1 is 1.18 bits per heavy atom. The monoisotopic (exact) mass is 480 g/mol. The largest absolute Gasteiger partial charge is 0.463 e. The molecule has 0 saturated heterocycles. The Kier molecular flexibility index (Phi) is 5.39. The first-order chi connectivity index (χ1) is 15.9. The summed E-state index contributed by atoms with van der Waals surface area (Å²) < 4.78 is 8.82. The van der Waals surface area contributed by atoms with Gasteiger partial charge in [0.25, 0.3) is 5.91 Å². The Hall–Kier alpha value is -3.62. The summed E-state index contributed by atoms with van der Waals surface area (Å²) in [6.45, 7) is 2.22. The molecule has 0 radical (unpaired) electrons. The van der Waals surface area contributed by atoms with E-state index in [9.17, 15) is 4.79 Å². The first-order valence-corrected chi connectivity index (χ1v) is 10.8. The number of carbonyl (C=O) groups excluding carboxylic acids is 1. The highest BCUT2D eigenvalue weighted by molar-refractivity contribution is 6.35. The van der Waals surface area contributed by atoms with Gasteiger partial charge in [0, 0.05) is 23.2 Å². The van der Waals surface area contributed by atoms with Gasteiger partial charge in [0.1, 0.15) is 11.5 Å². The maximum atomic E-state index is 13.4. The molecule has 0 aliphatic rings. The van der Waals surface area contributed by atoms with Gasteiger partial charge in [0.2, 0.25) is 0 Å². The molecule has 1 N–H and O–H groups in total. The van der Waals surface area contributed by atoms with E-state index in [-0.39, 0.29) is 5.91 Å². The van der Waals surface area contributed by atoms with Crippen LogP contribution in [-0.2, 0) is 13.6 Å². The number of carbonyl (C=O) groups is 1. The molecular formula is C23H18Cl2N6O2. The number of aromatic nitrogens is 5. The Morgan fingerprint density at radius 2 is 2.03 bits per heavy atom. The van der Waals surface area contributed by atoms with Crippen molar-refractivity contribution in [1.82, 2.24) is 24.5 Å². The number of nitrogens with one attached hydrogen (secondary N) is 1. The predicted molar refractivity (Wildman–Crippen MR) is 127 cm³/mol. The molecular weight excluding hydrogens is 463 g/mol. The van der Waals surface area contributed by atoms with Crippen molar-refractivity contribution in [2.45, 2.75) is 13.5 Å². The SMILES string of the molecule is Cc1nn(C)c2nc(-c3ccco3)cc(C(=O)Nc3ccnn3Cc3ccc(Cl)cc3Cl)c12. The number of fused-ring (bicyclic) bond motifs is 1. The van der Waals surface area contributed by atoms with Crippen LogP contribution in [0.25, 0.3) is 22.5 Å². The fourth-order valence-corrected chi connectivity index (χ4v) is 4.20. The molecule has 0 unspecified atom stereocenters. The molecule has 0 spiro atoms. The lowest BCUT2D eigenvalue weighted by Gasteiger charge is -2.12. The zero-order chi connectivity index (χ0) is 23.1. The molecule has 0 atom stereocenters. The summed E-state index contributed by atoms with van der Waals surface area (Å²) in [6.07, 6.45) is 3.18. The molecule has 166 valence electrons.